The van der Waals surface area contributed by atoms with Crippen molar-refractivity contribution in [3.63, 3.8) is 0 Å². The molecule has 4 nitrogen and oxygen atoms in total. The van der Waals surface area contributed by atoms with Gasteiger partial charge in [0.25, 0.3) is 0 Å². The topological polar surface area (TPSA) is 55.0 Å². The molecule has 1 aromatic rings. The molecule has 0 bridgehead atoms. The molecule has 1 unspecified atom stereocenters. The van der Waals surface area contributed by atoms with Gasteiger partial charge in [0.2, 0.25) is 0 Å². The third-order valence-electron chi connectivity index (χ3n) is 2.73. The second-order valence-corrected chi connectivity index (χ2v) is 4.07. The molecule has 1 saturated heterocycles. The van der Waals surface area contributed by atoms with Gasteiger partial charge in [0.1, 0.15) is 5.82 Å². The fraction of sp³-hybridized carbons (Fsp3) is 0.600. The summed E-state index contributed by atoms with van der Waals surface area (Å²) in [5.41, 5.74) is 6.53. The Morgan fingerprint density at radius 3 is 2.93 bits per heavy atom. The van der Waals surface area contributed by atoms with Crippen LogP contribution < -0.4 is 5.73 Å². The predicted molar refractivity (Wildman–Crippen MR) is 55.8 cm³/mol. The largest absolute Gasteiger partial charge is 0.382 e. The molecule has 0 radical (unpaired) electrons. The molecule has 2 N–H and O–H groups in total. The van der Waals surface area contributed by atoms with Gasteiger partial charge in [-0.15, -0.1) is 5.10 Å². The van der Waals surface area contributed by atoms with Gasteiger partial charge in [-0.25, -0.2) is 0 Å². The van der Waals surface area contributed by atoms with Gasteiger partial charge in [0.05, 0.1) is 5.69 Å². The lowest BCUT2D eigenvalue weighted by Gasteiger charge is -2.09. The Kier molecular flexibility index (Phi) is 2.63. The van der Waals surface area contributed by atoms with Gasteiger partial charge in [-0.1, -0.05) is 0 Å². The minimum Gasteiger partial charge on any atom is -0.382 e. The highest BCUT2D eigenvalue weighted by molar-refractivity contribution is 5.25. The van der Waals surface area contributed by atoms with E-state index in [2.05, 4.69) is 22.1 Å². The van der Waals surface area contributed by atoms with Crippen LogP contribution in [0.2, 0.25) is 0 Å². The molecule has 1 fully saturated rings. The summed E-state index contributed by atoms with van der Waals surface area (Å²) in [7, 11) is 2.16. The van der Waals surface area contributed by atoms with E-state index in [1.807, 2.05) is 12.1 Å². The molecule has 4 heteroatoms. The third-order valence-corrected chi connectivity index (χ3v) is 2.73. The molecule has 1 aromatic heterocycles. The van der Waals surface area contributed by atoms with E-state index < -0.39 is 0 Å². The Balaban J connectivity index is 1.94. The SMILES string of the molecule is CN1CCC(Cc2ccc(N)nn2)C1. The van der Waals surface area contributed by atoms with Gasteiger partial charge >= 0.3 is 0 Å². The van der Waals surface area contributed by atoms with Crippen molar-refractivity contribution in [2.45, 2.75) is 12.8 Å². The Bertz CT molecular complexity index is 295. The first-order valence-corrected chi connectivity index (χ1v) is 5.00. The van der Waals surface area contributed by atoms with E-state index in [0.717, 1.165) is 18.0 Å². The molecule has 0 aliphatic carbocycles. The number of nitrogens with two attached hydrogens (primary N) is 1. The van der Waals surface area contributed by atoms with Crippen LogP contribution in [0, 0.1) is 5.92 Å². The monoisotopic (exact) mass is 192 g/mol. The highest BCUT2D eigenvalue weighted by Crippen LogP contribution is 2.18. The molecule has 0 saturated carbocycles. The van der Waals surface area contributed by atoms with Crippen molar-refractivity contribution in [3.8, 4) is 0 Å². The van der Waals surface area contributed by atoms with E-state index in [-0.39, 0.29) is 0 Å². The molecule has 1 aliphatic heterocycles. The summed E-state index contributed by atoms with van der Waals surface area (Å²) in [6.07, 6.45) is 2.29. The average molecular weight is 192 g/mol. The van der Waals surface area contributed by atoms with Crippen LogP contribution in [0.15, 0.2) is 12.1 Å². The lowest BCUT2D eigenvalue weighted by atomic mass is 10.0. The molecule has 1 atom stereocenters. The van der Waals surface area contributed by atoms with Gasteiger partial charge in [0.15, 0.2) is 0 Å². The molecule has 2 heterocycles. The van der Waals surface area contributed by atoms with Crippen molar-refractivity contribution < 1.29 is 0 Å². The summed E-state index contributed by atoms with van der Waals surface area (Å²) in [5, 5.41) is 7.93. The minimum atomic E-state index is 0.497. The zero-order valence-electron chi connectivity index (χ0n) is 8.48. The minimum absolute atomic E-state index is 0.497. The van der Waals surface area contributed by atoms with Gasteiger partial charge in [-0.3, -0.25) is 0 Å². The number of rotatable bonds is 2. The van der Waals surface area contributed by atoms with E-state index in [4.69, 9.17) is 5.73 Å². The van der Waals surface area contributed by atoms with Crippen LogP contribution in [0.5, 0.6) is 0 Å². The predicted octanol–water partition coefficient (Wildman–Crippen LogP) is 0.553. The molecule has 1 aliphatic rings. The third kappa shape index (κ3) is 2.20. The van der Waals surface area contributed by atoms with Crippen molar-refractivity contribution in [1.82, 2.24) is 15.1 Å². The molecule has 76 valence electrons. The Hall–Kier alpha value is -1.16. The van der Waals surface area contributed by atoms with E-state index in [1.165, 1.54) is 19.5 Å². The van der Waals surface area contributed by atoms with Gasteiger partial charge < -0.3 is 10.6 Å². The maximum Gasteiger partial charge on any atom is 0.146 e. The standard InChI is InChI=1S/C10H16N4/c1-14-5-4-8(7-14)6-9-2-3-10(11)13-12-9/h2-3,8H,4-7H2,1H3,(H2,11,13). The smallest absolute Gasteiger partial charge is 0.146 e. The lowest BCUT2D eigenvalue weighted by molar-refractivity contribution is 0.393. The van der Waals surface area contributed by atoms with Crippen LogP contribution in [-0.2, 0) is 6.42 Å². The van der Waals surface area contributed by atoms with E-state index in [0.29, 0.717) is 5.82 Å². The Morgan fingerprint density at radius 1 is 1.50 bits per heavy atom. The second-order valence-electron chi connectivity index (χ2n) is 4.07. The van der Waals surface area contributed by atoms with Crippen molar-refractivity contribution in [3.05, 3.63) is 17.8 Å². The summed E-state index contributed by atoms with van der Waals surface area (Å²) >= 11 is 0. The van der Waals surface area contributed by atoms with Crippen molar-refractivity contribution in [2.75, 3.05) is 25.9 Å². The number of hydrogen-bond donors (Lipinski definition) is 1. The normalized spacial score (nSPS) is 22.8. The highest BCUT2D eigenvalue weighted by Gasteiger charge is 2.19. The number of nitrogen functional groups attached to an aromatic ring is 1. The number of likely N-dealkylation sites (tertiary alicyclic amines) is 1. The quantitative estimate of drug-likeness (QED) is 0.743. The highest BCUT2D eigenvalue weighted by atomic mass is 15.1. The van der Waals surface area contributed by atoms with E-state index >= 15 is 0 Å². The summed E-state index contributed by atoms with van der Waals surface area (Å²) in [6.45, 7) is 2.37. The molecular formula is C10H16N4. The van der Waals surface area contributed by atoms with E-state index in [9.17, 15) is 0 Å². The molecular weight excluding hydrogens is 176 g/mol. The van der Waals surface area contributed by atoms with Crippen molar-refractivity contribution >= 4 is 5.82 Å². The summed E-state index contributed by atoms with van der Waals surface area (Å²) in [5.74, 6) is 1.23. The summed E-state index contributed by atoms with van der Waals surface area (Å²) in [4.78, 5) is 2.36. The Labute approximate surface area is 84.1 Å². The van der Waals surface area contributed by atoms with Crippen LogP contribution in [0.4, 0.5) is 5.82 Å². The number of nitrogens with zero attached hydrogens (tertiary/aromatic N) is 3. The molecule has 0 spiro atoms. The van der Waals surface area contributed by atoms with Crippen LogP contribution in [0.25, 0.3) is 0 Å². The zero-order valence-corrected chi connectivity index (χ0v) is 8.48. The van der Waals surface area contributed by atoms with Crippen molar-refractivity contribution in [2.24, 2.45) is 5.92 Å². The second kappa shape index (κ2) is 3.92. The average Bonchev–Trinajstić information content (AvgIpc) is 2.56. The first kappa shape index (κ1) is 9.40. The van der Waals surface area contributed by atoms with Gasteiger partial charge in [0, 0.05) is 6.54 Å². The molecule has 0 aromatic carbocycles. The molecule has 0 amide bonds. The van der Waals surface area contributed by atoms with Gasteiger partial charge in [-0.05, 0) is 44.5 Å². The number of aromatic nitrogens is 2. The maximum absolute atomic E-state index is 5.48. The number of hydrogen-bond acceptors (Lipinski definition) is 4. The fourth-order valence-corrected chi connectivity index (χ4v) is 1.97. The van der Waals surface area contributed by atoms with Crippen molar-refractivity contribution in [1.29, 1.82) is 0 Å². The fourth-order valence-electron chi connectivity index (χ4n) is 1.97. The first-order chi connectivity index (χ1) is 6.74. The Morgan fingerprint density at radius 2 is 2.36 bits per heavy atom. The number of anilines is 1. The van der Waals surface area contributed by atoms with Crippen LogP contribution in [0.3, 0.4) is 0 Å². The van der Waals surface area contributed by atoms with Gasteiger partial charge in [-0.2, -0.15) is 5.10 Å². The zero-order chi connectivity index (χ0) is 9.97. The van der Waals surface area contributed by atoms with E-state index in [1.54, 1.807) is 0 Å². The summed E-state index contributed by atoms with van der Waals surface area (Å²) < 4.78 is 0. The summed E-state index contributed by atoms with van der Waals surface area (Å²) in [6, 6.07) is 3.79. The van der Waals surface area contributed by atoms with Crippen LogP contribution >= 0.6 is 0 Å². The molecule has 14 heavy (non-hydrogen) atoms. The van der Waals surface area contributed by atoms with Crippen LogP contribution in [0.1, 0.15) is 12.1 Å². The lowest BCUT2D eigenvalue weighted by Crippen LogP contribution is -2.15. The van der Waals surface area contributed by atoms with Crippen LogP contribution in [-0.4, -0.2) is 35.2 Å². The molecule has 2 rings (SSSR count). The first-order valence-electron chi connectivity index (χ1n) is 5.00. The maximum atomic E-state index is 5.48.